The van der Waals surface area contributed by atoms with E-state index in [9.17, 15) is 0 Å². The van der Waals surface area contributed by atoms with Gasteiger partial charge < -0.3 is 5.32 Å². The van der Waals surface area contributed by atoms with Crippen molar-refractivity contribution in [2.45, 2.75) is 51.9 Å². The Kier molecular flexibility index (Phi) is 10.9. The van der Waals surface area contributed by atoms with Crippen LogP contribution in [0, 0.1) is 6.92 Å². The average Bonchev–Trinajstić information content (AvgIpc) is 2.10. The maximum Gasteiger partial charge on any atom is -0.00489 e. The maximum absolute atomic E-state index is 3.80. The van der Waals surface area contributed by atoms with E-state index < -0.39 is 0 Å². The highest BCUT2D eigenvalue weighted by Crippen LogP contribution is 2.00. The van der Waals surface area contributed by atoms with E-state index in [1.54, 1.807) is 0 Å². The van der Waals surface area contributed by atoms with Gasteiger partial charge in [-0.1, -0.05) is 46.0 Å². The molecular weight excluding hydrogens is 146 g/mol. The minimum atomic E-state index is 1.06. The van der Waals surface area contributed by atoms with E-state index in [1.807, 2.05) is 0 Å². The van der Waals surface area contributed by atoms with Crippen LogP contribution in [-0.4, -0.2) is 13.1 Å². The predicted octanol–water partition coefficient (Wildman–Crippen LogP) is 3.16. The number of hydrogen-bond acceptors (Lipinski definition) is 1. The summed E-state index contributed by atoms with van der Waals surface area (Å²) in [4.78, 5) is 0. The summed E-state index contributed by atoms with van der Waals surface area (Å²) in [6.45, 7) is 8.41. The third-order valence-corrected chi connectivity index (χ3v) is 2.06. The molecule has 0 rings (SSSR count). The Morgan fingerprint density at radius 2 is 1.58 bits per heavy atom. The van der Waals surface area contributed by atoms with Crippen molar-refractivity contribution in [2.24, 2.45) is 0 Å². The molecule has 0 bridgehead atoms. The van der Waals surface area contributed by atoms with Crippen LogP contribution in [0.25, 0.3) is 0 Å². The van der Waals surface area contributed by atoms with Crippen molar-refractivity contribution in [2.75, 3.05) is 13.1 Å². The molecular formula is C11H24N. The van der Waals surface area contributed by atoms with Crippen LogP contribution in [0.3, 0.4) is 0 Å². The molecule has 0 aliphatic rings. The quantitative estimate of drug-likeness (QED) is 0.524. The fourth-order valence-electron chi connectivity index (χ4n) is 1.23. The van der Waals surface area contributed by atoms with Crippen LogP contribution < -0.4 is 5.32 Å². The standard InChI is InChI=1S/C11H24N/c1-3-5-7-8-9-11-12-10-6-4-2/h12H,2-11H2,1H3. The molecule has 0 heterocycles. The van der Waals surface area contributed by atoms with Gasteiger partial charge in [0.1, 0.15) is 0 Å². The van der Waals surface area contributed by atoms with Gasteiger partial charge in [0.15, 0.2) is 0 Å². The van der Waals surface area contributed by atoms with E-state index in [0.29, 0.717) is 0 Å². The molecule has 0 aromatic rings. The Morgan fingerprint density at radius 3 is 2.25 bits per heavy atom. The molecule has 0 spiro atoms. The van der Waals surface area contributed by atoms with Crippen LogP contribution in [0.1, 0.15) is 51.9 Å². The Morgan fingerprint density at radius 1 is 0.917 bits per heavy atom. The Balaban J connectivity index is 2.73. The number of unbranched alkanes of at least 4 members (excludes halogenated alkanes) is 5. The number of rotatable bonds is 9. The zero-order chi connectivity index (χ0) is 9.07. The predicted molar refractivity (Wildman–Crippen MR) is 56.2 cm³/mol. The molecule has 1 N–H and O–H groups in total. The van der Waals surface area contributed by atoms with Crippen LogP contribution >= 0.6 is 0 Å². The third kappa shape index (κ3) is 9.96. The van der Waals surface area contributed by atoms with E-state index in [-0.39, 0.29) is 0 Å². The summed E-state index contributed by atoms with van der Waals surface area (Å²) in [7, 11) is 0. The summed E-state index contributed by atoms with van der Waals surface area (Å²) in [6.07, 6.45) is 9.17. The molecule has 0 aromatic carbocycles. The van der Waals surface area contributed by atoms with Gasteiger partial charge in [0.05, 0.1) is 0 Å². The molecule has 0 amide bonds. The second kappa shape index (κ2) is 11.0. The van der Waals surface area contributed by atoms with Gasteiger partial charge in [-0.15, -0.1) is 0 Å². The molecule has 1 nitrogen and oxygen atoms in total. The molecule has 0 fully saturated rings. The Bertz CT molecular complexity index is 61.4. The lowest BCUT2D eigenvalue weighted by molar-refractivity contribution is 0.575. The highest BCUT2D eigenvalue weighted by molar-refractivity contribution is 4.50. The normalized spacial score (nSPS) is 10.5. The van der Waals surface area contributed by atoms with Gasteiger partial charge in [0.25, 0.3) is 0 Å². The minimum absolute atomic E-state index is 1.06. The molecule has 0 aromatic heterocycles. The molecule has 12 heavy (non-hydrogen) atoms. The third-order valence-electron chi connectivity index (χ3n) is 2.06. The summed E-state index contributed by atoms with van der Waals surface area (Å²) >= 11 is 0. The van der Waals surface area contributed by atoms with Crippen LogP contribution in [0.2, 0.25) is 0 Å². The maximum atomic E-state index is 3.80. The van der Waals surface area contributed by atoms with Gasteiger partial charge in [0, 0.05) is 0 Å². The van der Waals surface area contributed by atoms with E-state index in [0.717, 1.165) is 13.0 Å². The van der Waals surface area contributed by atoms with Gasteiger partial charge in [-0.05, 0) is 25.9 Å². The summed E-state index contributed by atoms with van der Waals surface area (Å²) in [5, 5.41) is 3.42. The molecule has 0 aliphatic heterocycles. The van der Waals surface area contributed by atoms with E-state index in [1.165, 1.54) is 45.1 Å². The molecule has 0 saturated heterocycles. The molecule has 73 valence electrons. The Hall–Kier alpha value is -0.0400. The van der Waals surface area contributed by atoms with Gasteiger partial charge in [0.2, 0.25) is 0 Å². The molecule has 0 saturated carbocycles. The van der Waals surface area contributed by atoms with E-state index >= 15 is 0 Å². The van der Waals surface area contributed by atoms with Crippen LogP contribution in [0.5, 0.6) is 0 Å². The highest BCUT2D eigenvalue weighted by atomic mass is 14.8. The van der Waals surface area contributed by atoms with E-state index in [2.05, 4.69) is 19.2 Å². The van der Waals surface area contributed by atoms with Gasteiger partial charge in [-0.3, -0.25) is 0 Å². The van der Waals surface area contributed by atoms with Crippen molar-refractivity contribution in [1.82, 2.24) is 5.32 Å². The summed E-state index contributed by atoms with van der Waals surface area (Å²) in [5.41, 5.74) is 0. The zero-order valence-electron chi connectivity index (χ0n) is 8.57. The minimum Gasteiger partial charge on any atom is -0.317 e. The van der Waals surface area contributed by atoms with Crippen molar-refractivity contribution >= 4 is 0 Å². The van der Waals surface area contributed by atoms with Crippen LogP contribution in [-0.2, 0) is 0 Å². The molecule has 1 heteroatoms. The topological polar surface area (TPSA) is 12.0 Å². The first-order valence-corrected chi connectivity index (χ1v) is 5.41. The summed E-state index contributed by atoms with van der Waals surface area (Å²) in [5.74, 6) is 0. The first kappa shape index (κ1) is 12.0. The lowest BCUT2D eigenvalue weighted by Gasteiger charge is -2.02. The first-order chi connectivity index (χ1) is 5.91. The smallest absolute Gasteiger partial charge is 0.00489 e. The largest absolute Gasteiger partial charge is 0.317 e. The number of nitrogens with one attached hydrogen (secondary N) is 1. The molecule has 0 unspecified atom stereocenters. The van der Waals surface area contributed by atoms with Gasteiger partial charge in [-0.2, -0.15) is 0 Å². The summed E-state index contributed by atoms with van der Waals surface area (Å²) in [6, 6.07) is 0. The molecule has 0 aliphatic carbocycles. The van der Waals surface area contributed by atoms with Crippen molar-refractivity contribution in [3.8, 4) is 0 Å². The van der Waals surface area contributed by atoms with Crippen LogP contribution in [0.4, 0.5) is 0 Å². The van der Waals surface area contributed by atoms with Crippen LogP contribution in [0.15, 0.2) is 0 Å². The molecule has 0 atom stereocenters. The monoisotopic (exact) mass is 170 g/mol. The highest BCUT2D eigenvalue weighted by Gasteiger charge is 1.88. The van der Waals surface area contributed by atoms with Crippen molar-refractivity contribution in [3.05, 3.63) is 6.92 Å². The van der Waals surface area contributed by atoms with Crippen molar-refractivity contribution in [3.63, 3.8) is 0 Å². The average molecular weight is 170 g/mol. The van der Waals surface area contributed by atoms with E-state index in [4.69, 9.17) is 0 Å². The fraction of sp³-hybridized carbons (Fsp3) is 0.909. The first-order valence-electron chi connectivity index (χ1n) is 5.41. The van der Waals surface area contributed by atoms with Gasteiger partial charge in [-0.25, -0.2) is 0 Å². The second-order valence-electron chi connectivity index (χ2n) is 3.37. The van der Waals surface area contributed by atoms with Crippen molar-refractivity contribution < 1.29 is 0 Å². The summed E-state index contributed by atoms with van der Waals surface area (Å²) < 4.78 is 0. The SMILES string of the molecule is [CH2]CCCNCCCCCCC. The lowest BCUT2D eigenvalue weighted by Crippen LogP contribution is -2.16. The number of hydrogen-bond donors (Lipinski definition) is 1. The second-order valence-corrected chi connectivity index (χ2v) is 3.37. The zero-order valence-corrected chi connectivity index (χ0v) is 8.57. The lowest BCUT2D eigenvalue weighted by atomic mass is 10.1. The van der Waals surface area contributed by atoms with Crippen molar-refractivity contribution in [1.29, 1.82) is 0 Å². The fourth-order valence-corrected chi connectivity index (χ4v) is 1.23. The molecule has 1 radical (unpaired) electrons. The Labute approximate surface area is 77.9 Å². The van der Waals surface area contributed by atoms with Gasteiger partial charge >= 0.3 is 0 Å².